The molecule has 0 bridgehead atoms. The van der Waals surface area contributed by atoms with Crippen molar-refractivity contribution in [3.8, 4) is 5.75 Å². The lowest BCUT2D eigenvalue weighted by molar-refractivity contribution is 0.145. The number of aromatic amines is 1. The first-order valence-electron chi connectivity index (χ1n) is 12.8. The Hall–Kier alpha value is -2.67. The van der Waals surface area contributed by atoms with Crippen LogP contribution in [0.15, 0.2) is 59.4 Å². The van der Waals surface area contributed by atoms with Crippen LogP contribution in [-0.4, -0.2) is 35.0 Å². The number of H-pyrrole nitrogens is 1. The van der Waals surface area contributed by atoms with E-state index < -0.39 is 6.10 Å². The first-order valence-corrected chi connectivity index (χ1v) is 12.8. The molecule has 0 radical (unpaired) electrons. The fraction of sp³-hybridized carbons (Fsp3) is 0.483. The van der Waals surface area contributed by atoms with E-state index in [4.69, 9.17) is 10.5 Å². The number of rotatable bonds is 7. The number of aromatic nitrogens is 1. The zero-order chi connectivity index (χ0) is 25.5. The summed E-state index contributed by atoms with van der Waals surface area (Å²) < 4.78 is 5.26. The topological polar surface area (TPSA) is 109 Å². The smallest absolute Gasteiger partial charge is 0.248 e. The number of phenolic OH excluding ortho intramolecular Hbond substituents is 1. The van der Waals surface area contributed by atoms with Gasteiger partial charge in [-0.05, 0) is 42.0 Å². The van der Waals surface area contributed by atoms with Crippen molar-refractivity contribution in [3.05, 3.63) is 76.1 Å². The molecule has 192 valence electrons. The van der Waals surface area contributed by atoms with Gasteiger partial charge in [0.25, 0.3) is 0 Å². The van der Waals surface area contributed by atoms with E-state index in [9.17, 15) is 15.0 Å². The summed E-state index contributed by atoms with van der Waals surface area (Å²) in [5.74, 6) is 1.05. The normalized spacial score (nSPS) is 14.4. The minimum absolute atomic E-state index is 0.0137. The van der Waals surface area contributed by atoms with Crippen molar-refractivity contribution < 1.29 is 14.9 Å². The van der Waals surface area contributed by atoms with Crippen LogP contribution >= 0.6 is 0 Å². The van der Waals surface area contributed by atoms with E-state index in [1.165, 1.54) is 49.8 Å². The first kappa shape index (κ1) is 28.6. The van der Waals surface area contributed by atoms with Crippen molar-refractivity contribution in [2.75, 3.05) is 19.8 Å². The fourth-order valence-corrected chi connectivity index (χ4v) is 4.10. The minimum atomic E-state index is -0.589. The number of benzene rings is 2. The van der Waals surface area contributed by atoms with Gasteiger partial charge < -0.3 is 25.7 Å². The number of nitrogens with two attached hydrogens (primary N) is 1. The second-order valence-corrected chi connectivity index (χ2v) is 9.09. The molecule has 1 saturated carbocycles. The number of phenols is 1. The Bertz CT molecular complexity index is 1030. The van der Waals surface area contributed by atoms with E-state index in [-0.39, 0.29) is 11.3 Å². The van der Waals surface area contributed by atoms with Gasteiger partial charge >= 0.3 is 0 Å². The molecule has 0 amide bonds. The second-order valence-electron chi connectivity index (χ2n) is 9.09. The zero-order valence-corrected chi connectivity index (χ0v) is 21.2. The highest BCUT2D eigenvalue weighted by atomic mass is 16.5. The van der Waals surface area contributed by atoms with Crippen LogP contribution in [0.25, 0.3) is 10.9 Å². The molecule has 4 rings (SSSR count). The third-order valence-electron chi connectivity index (χ3n) is 6.19. The first-order chi connectivity index (χ1) is 17.0. The molecule has 3 aromatic rings. The molecule has 1 atom stereocenters. The number of pyridine rings is 1. The molecule has 0 aliphatic heterocycles. The van der Waals surface area contributed by atoms with E-state index in [1.807, 2.05) is 25.1 Å². The van der Waals surface area contributed by atoms with Gasteiger partial charge in [-0.2, -0.15) is 0 Å². The fourth-order valence-electron chi connectivity index (χ4n) is 4.10. The molecule has 6 nitrogen and oxygen atoms in total. The van der Waals surface area contributed by atoms with E-state index in [2.05, 4.69) is 24.0 Å². The average Bonchev–Trinajstić information content (AvgIpc) is 2.89. The predicted octanol–water partition coefficient (Wildman–Crippen LogP) is 5.47. The zero-order valence-electron chi connectivity index (χ0n) is 21.2. The van der Waals surface area contributed by atoms with Gasteiger partial charge in [0.15, 0.2) is 0 Å². The van der Waals surface area contributed by atoms with Crippen LogP contribution in [-0.2, 0) is 11.2 Å². The second kappa shape index (κ2) is 16.1. The van der Waals surface area contributed by atoms with Crippen molar-refractivity contribution in [1.82, 2.24) is 4.98 Å². The van der Waals surface area contributed by atoms with Gasteiger partial charge in [0, 0.05) is 18.0 Å². The SMILES string of the molecule is CC1CCCCC1.CCC(O)c1ccc(O)c2[nH]c(=O)ccc12.NCCOCCc1ccccc1. The van der Waals surface area contributed by atoms with Crippen LogP contribution in [0.3, 0.4) is 0 Å². The lowest BCUT2D eigenvalue weighted by Gasteiger charge is -2.15. The third kappa shape index (κ3) is 10.2. The minimum Gasteiger partial charge on any atom is -0.506 e. The molecule has 1 aromatic heterocycles. The highest BCUT2D eigenvalue weighted by Crippen LogP contribution is 2.29. The maximum atomic E-state index is 11.2. The number of fused-ring (bicyclic) bond motifs is 1. The van der Waals surface area contributed by atoms with Gasteiger partial charge in [0.05, 0.1) is 24.8 Å². The molecule has 1 heterocycles. The summed E-state index contributed by atoms with van der Waals surface area (Å²) in [6, 6.07) is 16.4. The van der Waals surface area contributed by atoms with Crippen LogP contribution < -0.4 is 11.3 Å². The molecule has 1 unspecified atom stereocenters. The third-order valence-corrected chi connectivity index (χ3v) is 6.19. The molecule has 6 heteroatoms. The summed E-state index contributed by atoms with van der Waals surface area (Å²) in [7, 11) is 0. The molecule has 0 spiro atoms. The molecular formula is C29H42N2O4. The quantitative estimate of drug-likeness (QED) is 0.334. The van der Waals surface area contributed by atoms with Gasteiger partial charge in [-0.25, -0.2) is 0 Å². The Morgan fingerprint density at radius 3 is 2.34 bits per heavy atom. The maximum Gasteiger partial charge on any atom is 0.248 e. The molecule has 1 fully saturated rings. The van der Waals surface area contributed by atoms with Gasteiger partial charge in [0.1, 0.15) is 5.75 Å². The Kier molecular flexibility index (Phi) is 13.1. The maximum absolute atomic E-state index is 11.2. The number of ether oxygens (including phenoxy) is 1. The highest BCUT2D eigenvalue weighted by molar-refractivity contribution is 5.87. The van der Waals surface area contributed by atoms with E-state index in [0.717, 1.165) is 18.9 Å². The van der Waals surface area contributed by atoms with Crippen LogP contribution in [0.1, 0.15) is 69.6 Å². The summed E-state index contributed by atoms with van der Waals surface area (Å²) in [6.07, 6.45) is 8.40. The number of nitrogens with one attached hydrogen (secondary N) is 1. The monoisotopic (exact) mass is 482 g/mol. The Morgan fingerprint density at radius 2 is 1.74 bits per heavy atom. The van der Waals surface area contributed by atoms with Gasteiger partial charge in [-0.15, -0.1) is 0 Å². The van der Waals surface area contributed by atoms with Crippen LogP contribution in [0, 0.1) is 5.92 Å². The van der Waals surface area contributed by atoms with E-state index in [1.54, 1.807) is 12.1 Å². The molecule has 1 aliphatic rings. The van der Waals surface area contributed by atoms with Gasteiger partial charge in [0.2, 0.25) is 5.56 Å². The standard InChI is InChI=1S/C12H13NO3.C10H15NO.C7H14/c1-2-9(14)7-3-5-10(15)12-8(7)4-6-11(16)13-12;11-7-9-12-8-6-10-4-2-1-3-5-10;1-7-5-3-2-4-6-7/h3-6,9,14-15H,2H2,1H3,(H,13,16);1-5H,6-9,11H2;7H,2-6H2,1H3. The number of hydrogen-bond donors (Lipinski definition) is 4. The molecule has 2 aromatic carbocycles. The Morgan fingerprint density at radius 1 is 1.03 bits per heavy atom. The Balaban J connectivity index is 0.000000200. The van der Waals surface area contributed by atoms with Crippen LogP contribution in [0.4, 0.5) is 0 Å². The molecule has 1 aliphatic carbocycles. The summed E-state index contributed by atoms with van der Waals surface area (Å²) in [6.45, 7) is 6.26. The summed E-state index contributed by atoms with van der Waals surface area (Å²) in [5, 5.41) is 20.1. The van der Waals surface area contributed by atoms with E-state index >= 15 is 0 Å². The number of aromatic hydroxyl groups is 1. The Labute approximate surface area is 209 Å². The molecular weight excluding hydrogens is 440 g/mol. The number of aliphatic hydroxyl groups is 1. The average molecular weight is 483 g/mol. The number of hydrogen-bond acceptors (Lipinski definition) is 5. The van der Waals surface area contributed by atoms with Crippen LogP contribution in [0.2, 0.25) is 0 Å². The van der Waals surface area contributed by atoms with Crippen molar-refractivity contribution in [2.45, 2.75) is 64.9 Å². The molecule has 35 heavy (non-hydrogen) atoms. The van der Waals surface area contributed by atoms with E-state index in [0.29, 0.717) is 36.0 Å². The summed E-state index contributed by atoms with van der Waals surface area (Å²) in [5.41, 5.74) is 7.41. The lowest BCUT2D eigenvalue weighted by atomic mass is 9.91. The predicted molar refractivity (Wildman–Crippen MR) is 144 cm³/mol. The summed E-state index contributed by atoms with van der Waals surface area (Å²) in [4.78, 5) is 13.7. The van der Waals surface area contributed by atoms with Crippen molar-refractivity contribution in [3.63, 3.8) is 0 Å². The van der Waals surface area contributed by atoms with Gasteiger partial charge in [-0.1, -0.05) is 82.3 Å². The largest absolute Gasteiger partial charge is 0.506 e. The number of aliphatic hydroxyl groups excluding tert-OH is 1. The highest BCUT2D eigenvalue weighted by Gasteiger charge is 2.11. The van der Waals surface area contributed by atoms with Crippen molar-refractivity contribution in [1.29, 1.82) is 0 Å². The molecule has 0 saturated heterocycles. The summed E-state index contributed by atoms with van der Waals surface area (Å²) >= 11 is 0. The van der Waals surface area contributed by atoms with Gasteiger partial charge in [-0.3, -0.25) is 4.79 Å². The lowest BCUT2D eigenvalue weighted by Crippen LogP contribution is -2.09. The van der Waals surface area contributed by atoms with Crippen LogP contribution in [0.5, 0.6) is 5.75 Å². The van der Waals surface area contributed by atoms with Crippen molar-refractivity contribution in [2.24, 2.45) is 11.7 Å². The van der Waals surface area contributed by atoms with Crippen molar-refractivity contribution >= 4 is 10.9 Å². The molecule has 5 N–H and O–H groups in total.